The maximum absolute atomic E-state index is 12.4. The van der Waals surface area contributed by atoms with Crippen LogP contribution in [0.15, 0.2) is 23.8 Å². The molecule has 0 saturated carbocycles. The zero-order valence-electron chi connectivity index (χ0n) is 15.0. The van der Waals surface area contributed by atoms with Gasteiger partial charge in [0, 0.05) is 11.8 Å². The van der Waals surface area contributed by atoms with Gasteiger partial charge in [0.2, 0.25) is 0 Å². The molecule has 5 nitrogen and oxygen atoms in total. The van der Waals surface area contributed by atoms with Gasteiger partial charge in [0.25, 0.3) is 0 Å². The summed E-state index contributed by atoms with van der Waals surface area (Å²) in [5.41, 5.74) is -1.09. The Morgan fingerprint density at radius 3 is 2.54 bits per heavy atom. The summed E-state index contributed by atoms with van der Waals surface area (Å²) in [7, 11) is 0. The van der Waals surface area contributed by atoms with E-state index >= 15 is 0 Å². The zero-order chi connectivity index (χ0) is 18.1. The molecule has 0 aromatic heterocycles. The van der Waals surface area contributed by atoms with E-state index in [0.29, 0.717) is 5.92 Å². The van der Waals surface area contributed by atoms with E-state index in [1.54, 1.807) is 13.0 Å². The van der Waals surface area contributed by atoms with Gasteiger partial charge in [0.05, 0.1) is 0 Å². The van der Waals surface area contributed by atoms with Gasteiger partial charge in [0.15, 0.2) is 23.9 Å². The number of rotatable bonds is 5. The Morgan fingerprint density at radius 2 is 2.04 bits per heavy atom. The molecular formula is C19H26O5. The Morgan fingerprint density at radius 1 is 1.38 bits per heavy atom. The second-order valence-electron chi connectivity index (χ2n) is 7.50. The molecular weight excluding hydrogens is 308 g/mol. The fourth-order valence-corrected chi connectivity index (χ4v) is 3.34. The Balaban J connectivity index is 2.59. The van der Waals surface area contributed by atoms with Crippen LogP contribution < -0.4 is 0 Å². The van der Waals surface area contributed by atoms with Crippen LogP contribution in [-0.4, -0.2) is 29.9 Å². The van der Waals surface area contributed by atoms with Crippen molar-refractivity contribution in [3.63, 3.8) is 0 Å². The van der Waals surface area contributed by atoms with Gasteiger partial charge >= 0.3 is 11.9 Å². The number of carbonyl (C=O) groups excluding carboxylic acids is 3. The fourth-order valence-electron chi connectivity index (χ4n) is 3.34. The van der Waals surface area contributed by atoms with Crippen LogP contribution in [0.4, 0.5) is 0 Å². The van der Waals surface area contributed by atoms with Crippen molar-refractivity contribution >= 4 is 17.7 Å². The van der Waals surface area contributed by atoms with Crippen LogP contribution in [0.25, 0.3) is 0 Å². The molecule has 0 aromatic rings. The first-order chi connectivity index (χ1) is 11.1. The highest BCUT2D eigenvalue weighted by atomic mass is 16.6. The highest BCUT2D eigenvalue weighted by molar-refractivity contribution is 6.06. The maximum atomic E-state index is 12.4. The second-order valence-corrected chi connectivity index (χ2v) is 7.50. The quantitative estimate of drug-likeness (QED) is 0.571. The zero-order valence-corrected chi connectivity index (χ0v) is 15.0. The lowest BCUT2D eigenvalue weighted by Gasteiger charge is -2.46. The molecule has 1 aliphatic carbocycles. The van der Waals surface area contributed by atoms with Crippen LogP contribution in [0.3, 0.4) is 0 Å². The normalized spacial score (nSPS) is 28.8. The summed E-state index contributed by atoms with van der Waals surface area (Å²) in [6, 6.07) is 0. The number of ether oxygens (including phenoxy) is 2. The molecule has 5 heteroatoms. The van der Waals surface area contributed by atoms with Crippen LogP contribution >= 0.6 is 0 Å². The monoisotopic (exact) mass is 334 g/mol. The molecule has 1 aliphatic heterocycles. The van der Waals surface area contributed by atoms with Crippen molar-refractivity contribution in [3.05, 3.63) is 23.8 Å². The fraction of sp³-hybridized carbons (Fsp3) is 0.632. The van der Waals surface area contributed by atoms with Gasteiger partial charge in [0.1, 0.15) is 0 Å². The summed E-state index contributed by atoms with van der Waals surface area (Å²) in [5.74, 6) is -2.12. The van der Waals surface area contributed by atoms with Crippen molar-refractivity contribution in [1.82, 2.24) is 0 Å². The third-order valence-corrected chi connectivity index (χ3v) is 4.68. The molecule has 0 radical (unpaired) electrons. The first kappa shape index (κ1) is 18.4. The maximum Gasteiger partial charge on any atom is 0.321 e. The van der Waals surface area contributed by atoms with Crippen molar-refractivity contribution in [2.45, 2.75) is 53.1 Å². The summed E-state index contributed by atoms with van der Waals surface area (Å²) >= 11 is 0. The first-order valence-corrected chi connectivity index (χ1v) is 8.45. The Labute approximate surface area is 143 Å². The van der Waals surface area contributed by atoms with Gasteiger partial charge in [-0.3, -0.25) is 14.4 Å². The Hall–Kier alpha value is -1.91. The standard InChI is InChI=1S/C19H26O5/c1-6-15(21)24-19(16-14(20)11-23-17(16)22)10-13(9-12(2)3)7-8-18(19,4)5/h7-8,10,12,16H,6,9,11H2,1-5H3/t16?,19-/m0/s1. The number of esters is 2. The number of hydrogen-bond acceptors (Lipinski definition) is 5. The molecule has 0 spiro atoms. The van der Waals surface area contributed by atoms with Crippen molar-refractivity contribution in [2.75, 3.05) is 6.61 Å². The molecule has 1 unspecified atom stereocenters. The van der Waals surface area contributed by atoms with Crippen LogP contribution in [-0.2, 0) is 23.9 Å². The Kier molecular flexibility index (Phi) is 5.02. The Bertz CT molecular complexity index is 595. The van der Waals surface area contributed by atoms with Crippen LogP contribution in [0.1, 0.15) is 47.5 Å². The molecule has 0 bridgehead atoms. The number of allylic oxidation sites excluding steroid dienone is 2. The third-order valence-electron chi connectivity index (χ3n) is 4.68. The van der Waals surface area contributed by atoms with Gasteiger partial charge in [-0.25, -0.2) is 0 Å². The van der Waals surface area contributed by atoms with Gasteiger partial charge in [-0.2, -0.15) is 0 Å². The smallest absolute Gasteiger partial charge is 0.321 e. The predicted molar refractivity (Wildman–Crippen MR) is 89.0 cm³/mol. The number of ketones is 1. The minimum atomic E-state index is -1.34. The number of carbonyl (C=O) groups is 3. The molecule has 0 amide bonds. The van der Waals surface area contributed by atoms with Gasteiger partial charge < -0.3 is 9.47 Å². The minimum absolute atomic E-state index is 0.171. The van der Waals surface area contributed by atoms with E-state index < -0.39 is 28.9 Å². The summed E-state index contributed by atoms with van der Waals surface area (Å²) in [5, 5.41) is 0. The van der Waals surface area contributed by atoms with Gasteiger partial charge in [-0.15, -0.1) is 0 Å². The van der Waals surface area contributed by atoms with Gasteiger partial charge in [-0.1, -0.05) is 46.8 Å². The molecule has 1 fully saturated rings. The lowest BCUT2D eigenvalue weighted by Crippen LogP contribution is -2.56. The largest absolute Gasteiger partial charge is 0.457 e. The highest BCUT2D eigenvalue weighted by Gasteiger charge is 2.60. The topological polar surface area (TPSA) is 69.7 Å². The van der Waals surface area contributed by atoms with Crippen LogP contribution in [0.2, 0.25) is 0 Å². The summed E-state index contributed by atoms with van der Waals surface area (Å²) in [4.78, 5) is 36.8. The molecule has 2 aliphatic rings. The van der Waals surface area contributed by atoms with E-state index in [1.165, 1.54) is 0 Å². The van der Waals surface area contributed by atoms with E-state index in [-0.39, 0.29) is 18.8 Å². The van der Waals surface area contributed by atoms with Crippen molar-refractivity contribution in [3.8, 4) is 0 Å². The molecule has 24 heavy (non-hydrogen) atoms. The second kappa shape index (κ2) is 6.54. The van der Waals surface area contributed by atoms with Gasteiger partial charge in [-0.05, 0) is 24.0 Å². The SMILES string of the molecule is CCC(=O)O[C@]1(C2C(=O)COC2=O)C=C(CC(C)C)C=CC1(C)C. The number of cyclic esters (lactones) is 1. The summed E-state index contributed by atoms with van der Waals surface area (Å²) < 4.78 is 10.7. The van der Waals surface area contributed by atoms with Crippen molar-refractivity contribution in [1.29, 1.82) is 0 Å². The summed E-state index contributed by atoms with van der Waals surface area (Å²) in [6.45, 7) is 9.34. The first-order valence-electron chi connectivity index (χ1n) is 8.45. The molecule has 0 N–H and O–H groups in total. The average Bonchev–Trinajstić information content (AvgIpc) is 2.81. The summed E-state index contributed by atoms with van der Waals surface area (Å²) in [6.07, 6.45) is 6.66. The lowest BCUT2D eigenvalue weighted by molar-refractivity contribution is -0.175. The molecule has 1 heterocycles. The minimum Gasteiger partial charge on any atom is -0.457 e. The number of Topliss-reactive ketones (excluding diaryl/α,β-unsaturated/α-hetero) is 1. The van der Waals surface area contributed by atoms with E-state index in [0.717, 1.165) is 12.0 Å². The predicted octanol–water partition coefficient (Wildman–Crippen LogP) is 2.99. The van der Waals surface area contributed by atoms with E-state index in [9.17, 15) is 14.4 Å². The third kappa shape index (κ3) is 3.17. The molecule has 0 aromatic carbocycles. The van der Waals surface area contributed by atoms with E-state index in [1.807, 2.05) is 26.0 Å². The lowest BCUT2D eigenvalue weighted by atomic mass is 9.63. The average molecular weight is 334 g/mol. The highest BCUT2D eigenvalue weighted by Crippen LogP contribution is 2.48. The van der Waals surface area contributed by atoms with E-state index in [2.05, 4.69) is 13.8 Å². The van der Waals surface area contributed by atoms with Crippen LogP contribution in [0, 0.1) is 17.3 Å². The molecule has 1 saturated heterocycles. The molecule has 132 valence electrons. The van der Waals surface area contributed by atoms with Crippen molar-refractivity contribution in [2.24, 2.45) is 17.3 Å². The van der Waals surface area contributed by atoms with E-state index in [4.69, 9.17) is 9.47 Å². The van der Waals surface area contributed by atoms with Crippen molar-refractivity contribution < 1.29 is 23.9 Å². The number of hydrogen-bond donors (Lipinski definition) is 0. The molecule has 2 rings (SSSR count). The molecule has 2 atom stereocenters. The van der Waals surface area contributed by atoms with Crippen LogP contribution in [0.5, 0.6) is 0 Å².